The molecule has 3 heterocycles. The van der Waals surface area contributed by atoms with Gasteiger partial charge in [0.1, 0.15) is 49.6 Å². The van der Waals surface area contributed by atoms with Gasteiger partial charge in [0.05, 0.1) is 56.6 Å². The number of nitrogens with zero attached hydrogens (tertiary/aromatic N) is 2. The van der Waals surface area contributed by atoms with Crippen molar-refractivity contribution in [3.63, 3.8) is 0 Å². The van der Waals surface area contributed by atoms with Crippen LogP contribution in [0.2, 0.25) is 10.4 Å². The SMILES string of the molecule is [B]c1c([B])c(CN2CCOCC2)c([B])c(COc2cccc3c2CN(C2([B])C(=O)NC(=O)C([B])([B])C2([B])[B])C3=O)c1F. The number of imide groups is 1. The predicted octanol–water partition coefficient (Wildman–Crippen LogP) is -4.00. The van der Waals surface area contributed by atoms with Crippen LogP contribution in [0.3, 0.4) is 0 Å². The normalized spacial score (nSPS) is 23.5. The fraction of sp³-hybridized carbons (Fsp3) is 0.400. The molecule has 42 heavy (non-hydrogen) atoms. The number of benzene rings is 2. The third-order valence-corrected chi connectivity index (χ3v) is 8.24. The Labute approximate surface area is 253 Å². The number of ether oxygens (including phenoxy) is 2. The number of hydrogen-bond donors (Lipinski definition) is 1. The number of piperidine rings is 1. The number of carbonyl (C=O) groups excluding carboxylic acids is 3. The van der Waals surface area contributed by atoms with E-state index >= 15 is 4.39 Å². The summed E-state index contributed by atoms with van der Waals surface area (Å²) in [5.74, 6) is -3.78. The monoisotopic (exact) mass is 547 g/mol. The van der Waals surface area contributed by atoms with Gasteiger partial charge in [0.15, 0.2) is 0 Å². The molecule has 5 rings (SSSR count). The van der Waals surface area contributed by atoms with Crippen molar-refractivity contribution >= 4 is 96.9 Å². The highest BCUT2D eigenvalue weighted by Crippen LogP contribution is 2.55. The molecule has 1 N–H and O–H groups in total. The summed E-state index contributed by atoms with van der Waals surface area (Å²) in [6.45, 7) is 1.97. The minimum atomic E-state index is -2.59. The van der Waals surface area contributed by atoms with Gasteiger partial charge in [0.25, 0.3) is 5.91 Å². The molecule has 0 aliphatic carbocycles. The summed E-state index contributed by atoms with van der Waals surface area (Å²) >= 11 is 0. The maximum atomic E-state index is 15.3. The number of rotatable bonds is 6. The molecule has 2 aromatic rings. The zero-order chi connectivity index (χ0) is 30.8. The molecule has 2 saturated heterocycles. The lowest BCUT2D eigenvalue weighted by Crippen LogP contribution is -2.75. The molecule has 2 aromatic carbocycles. The molecule has 2 fully saturated rings. The van der Waals surface area contributed by atoms with Gasteiger partial charge in [-0.15, -0.1) is 0 Å². The summed E-state index contributed by atoms with van der Waals surface area (Å²) < 4.78 is 26.6. The Bertz CT molecular complexity index is 1500. The van der Waals surface area contributed by atoms with Crippen LogP contribution >= 0.6 is 0 Å². The molecule has 0 bridgehead atoms. The Morgan fingerprint density at radius 1 is 0.929 bits per heavy atom. The van der Waals surface area contributed by atoms with Crippen molar-refractivity contribution in [3.05, 3.63) is 46.3 Å². The van der Waals surface area contributed by atoms with Gasteiger partial charge in [-0.3, -0.25) is 24.6 Å². The summed E-state index contributed by atoms with van der Waals surface area (Å²) in [4.78, 5) is 41.6. The van der Waals surface area contributed by atoms with E-state index in [-0.39, 0.29) is 52.0 Å². The molecule has 16 radical (unpaired) electrons. The lowest BCUT2D eigenvalue weighted by Gasteiger charge is -2.60. The van der Waals surface area contributed by atoms with Gasteiger partial charge < -0.3 is 14.4 Å². The Kier molecular flexibility index (Phi) is 7.84. The third kappa shape index (κ3) is 4.50. The van der Waals surface area contributed by atoms with Gasteiger partial charge in [-0.25, -0.2) is 4.39 Å². The Morgan fingerprint density at radius 2 is 1.60 bits per heavy atom. The number of halogens is 1. The van der Waals surface area contributed by atoms with Crippen LogP contribution < -0.4 is 26.4 Å². The summed E-state index contributed by atoms with van der Waals surface area (Å²) in [7, 11) is 48.8. The molecular formula is C25H18B8FN3O5. The van der Waals surface area contributed by atoms with Crippen molar-refractivity contribution in [2.75, 3.05) is 26.3 Å². The molecule has 0 spiro atoms. The number of nitrogens with one attached hydrogen (secondary N) is 1. The molecule has 0 aromatic heterocycles. The predicted molar refractivity (Wildman–Crippen MR) is 159 cm³/mol. The van der Waals surface area contributed by atoms with Crippen LogP contribution in [-0.2, 0) is 34.0 Å². The van der Waals surface area contributed by atoms with Gasteiger partial charge in [-0.1, -0.05) is 27.7 Å². The topological polar surface area (TPSA) is 88.2 Å². The van der Waals surface area contributed by atoms with Crippen molar-refractivity contribution < 1.29 is 28.2 Å². The highest BCUT2D eigenvalue weighted by atomic mass is 19.1. The van der Waals surface area contributed by atoms with Crippen molar-refractivity contribution in [3.8, 4) is 5.75 Å². The van der Waals surface area contributed by atoms with E-state index in [1.165, 1.54) is 18.2 Å². The van der Waals surface area contributed by atoms with E-state index in [0.29, 0.717) is 38.4 Å². The fourth-order valence-corrected chi connectivity index (χ4v) is 5.40. The molecule has 17 heteroatoms. The molecule has 3 aliphatic heterocycles. The molecular weight excluding hydrogens is 528 g/mol. The van der Waals surface area contributed by atoms with E-state index in [9.17, 15) is 14.4 Å². The van der Waals surface area contributed by atoms with Gasteiger partial charge in [-0.05, 0) is 22.9 Å². The third-order valence-electron chi connectivity index (χ3n) is 8.24. The largest absolute Gasteiger partial charge is 0.488 e. The van der Waals surface area contributed by atoms with E-state index in [2.05, 4.69) is 4.90 Å². The number of carbonyl (C=O) groups is 3. The first-order chi connectivity index (χ1) is 19.6. The summed E-state index contributed by atoms with van der Waals surface area (Å²) in [5.41, 5.74) is -1.87. The second-order valence-corrected chi connectivity index (χ2v) is 10.7. The standard InChI is InChI=1S/C25H18B8FN3O5/c26-16-13(8-36-4-6-41-7-5-36)17(27)18(28)19(34)14(16)10-42-15-3-1-2-11-12(15)9-37(20(11)38)24(31)22(40)35-21(39)23(29,30)25(24,32)33/h1-3H,4-10H2,(H,35,39,40). The average Bonchev–Trinajstić information content (AvgIpc) is 3.30. The van der Waals surface area contributed by atoms with Gasteiger partial charge >= 0.3 is 0 Å². The lowest BCUT2D eigenvalue weighted by atomic mass is 9.21. The number of morpholine rings is 1. The van der Waals surface area contributed by atoms with E-state index in [0.717, 1.165) is 4.90 Å². The molecule has 0 saturated carbocycles. The maximum absolute atomic E-state index is 15.3. The second kappa shape index (κ2) is 10.7. The minimum Gasteiger partial charge on any atom is -0.488 e. The van der Waals surface area contributed by atoms with Gasteiger partial charge in [-0.2, -0.15) is 0 Å². The first-order valence-electron chi connectivity index (χ1n) is 12.9. The summed E-state index contributed by atoms with van der Waals surface area (Å²) in [6.07, 6.45) is 0. The van der Waals surface area contributed by atoms with Crippen LogP contribution in [0.4, 0.5) is 4.39 Å². The molecule has 8 nitrogen and oxygen atoms in total. The van der Waals surface area contributed by atoms with Crippen LogP contribution in [0.1, 0.15) is 27.0 Å². The van der Waals surface area contributed by atoms with E-state index in [1.54, 1.807) is 0 Å². The first kappa shape index (κ1) is 30.7. The highest BCUT2D eigenvalue weighted by Gasteiger charge is 2.63. The molecule has 1 unspecified atom stereocenters. The van der Waals surface area contributed by atoms with Crippen LogP contribution in [0.25, 0.3) is 0 Å². The highest BCUT2D eigenvalue weighted by molar-refractivity contribution is 6.66. The van der Waals surface area contributed by atoms with Crippen molar-refractivity contribution in [2.45, 2.75) is 35.6 Å². The van der Waals surface area contributed by atoms with E-state index < -0.39 is 39.4 Å². The quantitative estimate of drug-likeness (QED) is 0.294. The first-order valence-corrected chi connectivity index (χ1v) is 12.9. The van der Waals surface area contributed by atoms with E-state index in [1.807, 2.05) is 5.32 Å². The Morgan fingerprint density at radius 3 is 2.26 bits per heavy atom. The van der Waals surface area contributed by atoms with E-state index in [4.69, 9.17) is 72.2 Å². The zero-order valence-electron chi connectivity index (χ0n) is 22.6. The number of hydrogen-bond acceptors (Lipinski definition) is 6. The maximum Gasteiger partial charge on any atom is 0.254 e. The molecule has 3 amide bonds. The number of fused-ring (bicyclic) bond motifs is 1. The second-order valence-electron chi connectivity index (χ2n) is 10.7. The summed E-state index contributed by atoms with van der Waals surface area (Å²) in [6, 6.07) is 4.50. The van der Waals surface area contributed by atoms with Crippen molar-refractivity contribution in [1.29, 1.82) is 0 Å². The van der Waals surface area contributed by atoms with Gasteiger partial charge in [0, 0.05) is 36.3 Å². The molecule has 3 aliphatic rings. The fourth-order valence-electron chi connectivity index (χ4n) is 5.40. The smallest absolute Gasteiger partial charge is 0.254 e. The van der Waals surface area contributed by atoms with Crippen molar-refractivity contribution in [1.82, 2.24) is 15.1 Å². The number of amides is 3. The van der Waals surface area contributed by atoms with Crippen molar-refractivity contribution in [2.24, 2.45) is 0 Å². The average molecular weight is 546 g/mol. The van der Waals surface area contributed by atoms with Crippen LogP contribution in [0.5, 0.6) is 5.75 Å². The molecule has 1 atom stereocenters. The molecule has 194 valence electrons. The van der Waals surface area contributed by atoms with Crippen LogP contribution in [0, 0.1) is 5.82 Å². The Hall–Kier alpha value is -2.78. The van der Waals surface area contributed by atoms with Gasteiger partial charge in [0.2, 0.25) is 11.8 Å². The van der Waals surface area contributed by atoms with Crippen LogP contribution in [0.15, 0.2) is 18.2 Å². The zero-order valence-corrected chi connectivity index (χ0v) is 22.6. The summed E-state index contributed by atoms with van der Waals surface area (Å²) in [5, 5.41) is -3.18. The lowest BCUT2D eigenvalue weighted by molar-refractivity contribution is -0.140. The van der Waals surface area contributed by atoms with Crippen LogP contribution in [-0.4, -0.2) is 122 Å². The Balaban J connectivity index is 1.45. The minimum absolute atomic E-state index is 0.0248.